The minimum absolute atomic E-state index is 0.0328. The fraction of sp³-hybridized carbons (Fsp3) is 0.636. The molecule has 19 heavy (non-hydrogen) atoms. The maximum Gasteiger partial charge on any atom is 0.262 e. The normalized spacial score (nSPS) is 21.2. The van der Waals surface area contributed by atoms with Crippen LogP contribution in [0.5, 0.6) is 0 Å². The summed E-state index contributed by atoms with van der Waals surface area (Å²) in [4.78, 5) is 4.09. The zero-order valence-corrected chi connectivity index (χ0v) is 11.7. The summed E-state index contributed by atoms with van der Waals surface area (Å²) in [5, 5.41) is 8.85. The number of aryl methyl sites for hydroxylation is 2. The molecule has 1 unspecified atom stereocenters. The Morgan fingerprint density at radius 3 is 2.95 bits per heavy atom. The molecule has 0 N–H and O–H groups in total. The van der Waals surface area contributed by atoms with Gasteiger partial charge in [-0.3, -0.25) is 0 Å². The van der Waals surface area contributed by atoms with Crippen molar-refractivity contribution in [3.8, 4) is 6.07 Å². The molecule has 2 rings (SSSR count). The fourth-order valence-corrected chi connectivity index (χ4v) is 3.40. The molecule has 7 nitrogen and oxygen atoms in total. The molecule has 1 aromatic rings. The van der Waals surface area contributed by atoms with Crippen molar-refractivity contribution in [1.29, 1.82) is 5.26 Å². The molecule has 1 saturated heterocycles. The van der Waals surface area contributed by atoms with E-state index >= 15 is 0 Å². The highest BCUT2D eigenvalue weighted by atomic mass is 32.2. The first-order valence-electron chi connectivity index (χ1n) is 6.04. The number of hydrogen-bond acceptors (Lipinski definition) is 5. The maximum atomic E-state index is 12.4. The standard InChI is InChI=1S/C11H16N4O3S/c1-3-14-8-11(13-9(14)2)19(16,17)15-4-5-18-10(6-12)7-15/h8,10H,3-5,7H2,1-2H3. The van der Waals surface area contributed by atoms with E-state index < -0.39 is 16.1 Å². The van der Waals surface area contributed by atoms with Gasteiger partial charge in [-0.2, -0.15) is 9.57 Å². The van der Waals surface area contributed by atoms with Gasteiger partial charge in [-0.15, -0.1) is 0 Å². The van der Waals surface area contributed by atoms with Gasteiger partial charge in [-0.25, -0.2) is 13.4 Å². The summed E-state index contributed by atoms with van der Waals surface area (Å²) in [5.41, 5.74) is 0. The first kappa shape index (κ1) is 14.0. The number of sulfonamides is 1. The lowest BCUT2D eigenvalue weighted by atomic mass is 10.3. The molecule has 0 spiro atoms. The molecule has 0 aromatic carbocycles. The van der Waals surface area contributed by atoms with Crippen LogP contribution in [-0.2, 0) is 21.3 Å². The van der Waals surface area contributed by atoms with Crippen LogP contribution >= 0.6 is 0 Å². The molecule has 2 heterocycles. The van der Waals surface area contributed by atoms with Crippen molar-refractivity contribution in [2.45, 2.75) is 31.5 Å². The number of nitriles is 1. The predicted molar refractivity (Wildman–Crippen MR) is 66.7 cm³/mol. The first-order chi connectivity index (χ1) is 8.98. The molecule has 104 valence electrons. The number of imidazole rings is 1. The molecule has 0 bridgehead atoms. The smallest absolute Gasteiger partial charge is 0.262 e. The zero-order chi connectivity index (χ0) is 14.0. The van der Waals surface area contributed by atoms with Crippen LogP contribution < -0.4 is 0 Å². The van der Waals surface area contributed by atoms with Crippen molar-refractivity contribution in [1.82, 2.24) is 13.9 Å². The molecular formula is C11H16N4O3S. The van der Waals surface area contributed by atoms with Crippen LogP contribution in [0.2, 0.25) is 0 Å². The van der Waals surface area contributed by atoms with Gasteiger partial charge >= 0.3 is 0 Å². The van der Waals surface area contributed by atoms with Gasteiger partial charge in [0.05, 0.1) is 19.2 Å². The maximum absolute atomic E-state index is 12.4. The second kappa shape index (κ2) is 5.28. The van der Waals surface area contributed by atoms with Gasteiger partial charge in [0.15, 0.2) is 11.1 Å². The Hall–Kier alpha value is -1.43. The van der Waals surface area contributed by atoms with Crippen LogP contribution in [0, 0.1) is 18.3 Å². The number of hydrogen-bond donors (Lipinski definition) is 0. The van der Waals surface area contributed by atoms with E-state index in [0.29, 0.717) is 12.4 Å². The molecule has 1 aromatic heterocycles. The Morgan fingerprint density at radius 2 is 2.37 bits per heavy atom. The van der Waals surface area contributed by atoms with Gasteiger partial charge < -0.3 is 9.30 Å². The Balaban J connectivity index is 2.29. The summed E-state index contributed by atoms with van der Waals surface area (Å²) in [7, 11) is -3.65. The minimum atomic E-state index is -3.65. The zero-order valence-electron chi connectivity index (χ0n) is 10.9. The van der Waals surface area contributed by atoms with Crippen molar-refractivity contribution < 1.29 is 13.2 Å². The molecule has 0 aliphatic carbocycles. The second-order valence-electron chi connectivity index (χ2n) is 4.26. The molecule has 0 amide bonds. The summed E-state index contributed by atoms with van der Waals surface area (Å²) < 4.78 is 33.0. The summed E-state index contributed by atoms with van der Waals surface area (Å²) in [6.07, 6.45) is 0.819. The SMILES string of the molecule is CCn1cc(S(=O)(=O)N2CCOC(C#N)C2)nc1C. The topological polar surface area (TPSA) is 88.2 Å². The van der Waals surface area contributed by atoms with Crippen LogP contribution in [0.4, 0.5) is 0 Å². The highest BCUT2D eigenvalue weighted by Crippen LogP contribution is 2.18. The highest BCUT2D eigenvalue weighted by molar-refractivity contribution is 7.89. The van der Waals surface area contributed by atoms with Gasteiger partial charge in [0.2, 0.25) is 0 Å². The molecule has 1 fully saturated rings. The first-order valence-corrected chi connectivity index (χ1v) is 7.48. The fourth-order valence-electron chi connectivity index (χ4n) is 1.98. The molecule has 1 aliphatic heterocycles. The largest absolute Gasteiger partial charge is 0.361 e. The van der Waals surface area contributed by atoms with E-state index in [1.807, 2.05) is 13.0 Å². The van der Waals surface area contributed by atoms with Crippen LogP contribution in [0.15, 0.2) is 11.2 Å². The molecular weight excluding hydrogens is 268 g/mol. The third-order valence-corrected chi connectivity index (χ3v) is 4.81. The number of nitrogens with zero attached hydrogens (tertiary/aromatic N) is 4. The van der Waals surface area contributed by atoms with Crippen molar-refractivity contribution in [2.75, 3.05) is 19.7 Å². The predicted octanol–water partition coefficient (Wildman–Crippen LogP) is 0.124. The van der Waals surface area contributed by atoms with E-state index in [4.69, 9.17) is 10.00 Å². The lowest BCUT2D eigenvalue weighted by molar-refractivity contribution is 0.0310. The molecule has 1 atom stereocenters. The summed E-state index contributed by atoms with van der Waals surface area (Å²) in [5.74, 6) is 0.658. The van der Waals surface area contributed by atoms with Crippen molar-refractivity contribution >= 4 is 10.0 Å². The molecule has 0 saturated carbocycles. The van der Waals surface area contributed by atoms with E-state index in [0.717, 1.165) is 0 Å². The average Bonchev–Trinajstić information content (AvgIpc) is 2.80. The van der Waals surface area contributed by atoms with E-state index in [1.165, 1.54) is 10.5 Å². The lowest BCUT2D eigenvalue weighted by Gasteiger charge is -2.28. The number of morpholine rings is 1. The molecule has 1 aliphatic rings. The average molecular weight is 284 g/mol. The quantitative estimate of drug-likeness (QED) is 0.787. The van der Waals surface area contributed by atoms with Gasteiger partial charge in [0.25, 0.3) is 10.0 Å². The van der Waals surface area contributed by atoms with Gasteiger partial charge in [0, 0.05) is 19.3 Å². The van der Waals surface area contributed by atoms with Crippen molar-refractivity contribution in [2.24, 2.45) is 0 Å². The van der Waals surface area contributed by atoms with E-state index in [-0.39, 0.29) is 24.7 Å². The Bertz CT molecular complexity index is 602. The van der Waals surface area contributed by atoms with Gasteiger partial charge in [-0.1, -0.05) is 0 Å². The summed E-state index contributed by atoms with van der Waals surface area (Å²) >= 11 is 0. The Morgan fingerprint density at radius 1 is 1.63 bits per heavy atom. The van der Waals surface area contributed by atoms with Crippen LogP contribution in [0.1, 0.15) is 12.7 Å². The summed E-state index contributed by atoms with van der Waals surface area (Å²) in [6, 6.07) is 1.93. The monoisotopic (exact) mass is 284 g/mol. The van der Waals surface area contributed by atoms with E-state index in [1.54, 1.807) is 11.5 Å². The Kier molecular flexibility index (Phi) is 3.89. The number of aromatic nitrogens is 2. The number of rotatable bonds is 3. The molecule has 8 heteroatoms. The third kappa shape index (κ3) is 2.63. The molecule has 0 radical (unpaired) electrons. The second-order valence-corrected chi connectivity index (χ2v) is 6.15. The lowest BCUT2D eigenvalue weighted by Crippen LogP contribution is -2.45. The third-order valence-electron chi connectivity index (χ3n) is 3.07. The van der Waals surface area contributed by atoms with Crippen LogP contribution in [0.25, 0.3) is 0 Å². The van der Waals surface area contributed by atoms with Crippen molar-refractivity contribution in [3.05, 3.63) is 12.0 Å². The van der Waals surface area contributed by atoms with E-state index in [9.17, 15) is 8.42 Å². The highest BCUT2D eigenvalue weighted by Gasteiger charge is 2.32. The van der Waals surface area contributed by atoms with Gasteiger partial charge in [-0.05, 0) is 13.8 Å². The number of ether oxygens (including phenoxy) is 1. The van der Waals surface area contributed by atoms with Crippen molar-refractivity contribution in [3.63, 3.8) is 0 Å². The summed E-state index contributed by atoms with van der Waals surface area (Å²) in [6.45, 7) is 4.88. The van der Waals surface area contributed by atoms with Crippen LogP contribution in [0.3, 0.4) is 0 Å². The Labute approximate surface area is 112 Å². The van der Waals surface area contributed by atoms with Gasteiger partial charge in [0.1, 0.15) is 5.82 Å². The van der Waals surface area contributed by atoms with Crippen LogP contribution in [-0.4, -0.2) is 48.1 Å². The minimum Gasteiger partial charge on any atom is -0.361 e. The van der Waals surface area contributed by atoms with E-state index in [2.05, 4.69) is 4.98 Å².